The van der Waals surface area contributed by atoms with Gasteiger partial charge in [-0.3, -0.25) is 9.48 Å². The van der Waals surface area contributed by atoms with Crippen molar-refractivity contribution >= 4 is 5.91 Å². The zero-order valence-electron chi connectivity index (χ0n) is 11.0. The van der Waals surface area contributed by atoms with Crippen LogP contribution in [-0.4, -0.2) is 39.1 Å². The van der Waals surface area contributed by atoms with Crippen LogP contribution in [0.2, 0.25) is 0 Å². The van der Waals surface area contributed by atoms with Gasteiger partial charge in [-0.15, -0.1) is 0 Å². The third kappa shape index (κ3) is 2.11. The second-order valence-electron chi connectivity index (χ2n) is 5.47. The normalized spacial score (nSPS) is 35.4. The van der Waals surface area contributed by atoms with Gasteiger partial charge in [0.15, 0.2) is 5.69 Å². The first-order valence-corrected chi connectivity index (χ1v) is 6.44. The quantitative estimate of drug-likeness (QED) is 0.814. The molecule has 0 radical (unpaired) electrons. The van der Waals surface area contributed by atoms with Gasteiger partial charge < -0.3 is 15.6 Å². The number of fused-ring (bicyclic) bond motifs is 2. The maximum Gasteiger partial charge on any atom is 0.435 e. The summed E-state index contributed by atoms with van der Waals surface area (Å²) < 4.78 is 44.8. The molecule has 3 rings (SSSR count). The summed E-state index contributed by atoms with van der Waals surface area (Å²) in [7, 11) is 1.36. The van der Waals surface area contributed by atoms with Crippen molar-refractivity contribution in [2.45, 2.75) is 36.8 Å². The first-order valence-electron chi connectivity index (χ1n) is 6.44. The summed E-state index contributed by atoms with van der Waals surface area (Å²) >= 11 is 0. The minimum atomic E-state index is -4.57. The Hall–Kier alpha value is -1.61. The van der Waals surface area contributed by atoms with Crippen LogP contribution in [-0.2, 0) is 22.8 Å². The fourth-order valence-electron chi connectivity index (χ4n) is 3.36. The molecule has 6 nitrogen and oxygen atoms in total. The maximum absolute atomic E-state index is 12.7. The van der Waals surface area contributed by atoms with Crippen molar-refractivity contribution in [3.05, 3.63) is 17.5 Å². The molecule has 0 aliphatic carbocycles. The Kier molecular flexibility index (Phi) is 3.03. The maximum atomic E-state index is 12.7. The van der Waals surface area contributed by atoms with Crippen LogP contribution in [0.25, 0.3) is 0 Å². The fraction of sp³-hybridized carbons (Fsp3) is 0.667. The van der Waals surface area contributed by atoms with Crippen LogP contribution in [0.3, 0.4) is 0 Å². The van der Waals surface area contributed by atoms with Crippen LogP contribution >= 0.6 is 0 Å². The smallest absolute Gasteiger partial charge is 0.390 e. The lowest BCUT2D eigenvalue weighted by molar-refractivity contribution is -0.141. The number of alkyl halides is 3. The van der Waals surface area contributed by atoms with Crippen molar-refractivity contribution in [1.29, 1.82) is 0 Å². The lowest BCUT2D eigenvalue weighted by atomic mass is 9.75. The molecule has 0 spiro atoms. The number of nitrogens with zero attached hydrogens (tertiary/aromatic N) is 2. The van der Waals surface area contributed by atoms with Crippen LogP contribution in [0.5, 0.6) is 0 Å². The van der Waals surface area contributed by atoms with E-state index in [1.54, 1.807) is 0 Å². The van der Waals surface area contributed by atoms with Gasteiger partial charge >= 0.3 is 6.18 Å². The molecule has 0 aromatic carbocycles. The van der Waals surface area contributed by atoms with Gasteiger partial charge in [-0.05, 0) is 6.07 Å². The largest absolute Gasteiger partial charge is 0.435 e. The summed E-state index contributed by atoms with van der Waals surface area (Å²) in [4.78, 5) is 11.6. The molecule has 3 N–H and O–H groups in total. The first kappa shape index (κ1) is 14.3. The molecule has 2 saturated heterocycles. The Balaban J connectivity index is 2.02. The highest BCUT2D eigenvalue weighted by Gasteiger charge is 2.57. The van der Waals surface area contributed by atoms with Crippen molar-refractivity contribution < 1.29 is 27.8 Å². The van der Waals surface area contributed by atoms with Gasteiger partial charge in [0, 0.05) is 25.1 Å². The van der Waals surface area contributed by atoms with Crippen molar-refractivity contribution in [2.75, 3.05) is 0 Å². The zero-order valence-corrected chi connectivity index (χ0v) is 11.0. The molecule has 2 bridgehead atoms. The van der Waals surface area contributed by atoms with Crippen LogP contribution in [0.4, 0.5) is 13.2 Å². The second-order valence-corrected chi connectivity index (χ2v) is 5.47. The van der Waals surface area contributed by atoms with Gasteiger partial charge in [0.05, 0.1) is 24.2 Å². The Morgan fingerprint density at radius 2 is 2.24 bits per heavy atom. The predicted octanol–water partition coefficient (Wildman–Crippen LogP) is 0.156. The number of ether oxygens (including phenoxy) is 1. The molecule has 1 aromatic rings. The zero-order chi connectivity index (χ0) is 15.5. The Bertz CT molecular complexity index is 586. The van der Waals surface area contributed by atoms with Crippen molar-refractivity contribution in [2.24, 2.45) is 18.7 Å². The summed E-state index contributed by atoms with van der Waals surface area (Å²) in [5, 5.41) is 13.3. The van der Waals surface area contributed by atoms with Crippen LogP contribution in [0, 0.1) is 5.92 Å². The standard InChI is InChI=1S/C12H14F3N3O3/c1-18-4(2-7(17-18)12(13,14)15)8-9(11(16)20)6-3-5(19)10(8)21-6/h2,5-6,8-10,19H,3H2,1H3,(H2,16,20). The Morgan fingerprint density at radius 1 is 1.57 bits per heavy atom. The van der Waals surface area contributed by atoms with Gasteiger partial charge in [0.25, 0.3) is 0 Å². The van der Waals surface area contributed by atoms with E-state index in [-0.39, 0.29) is 12.1 Å². The van der Waals surface area contributed by atoms with E-state index < -0.39 is 47.9 Å². The third-order valence-electron chi connectivity index (χ3n) is 4.20. The topological polar surface area (TPSA) is 90.4 Å². The van der Waals surface area contributed by atoms with Crippen LogP contribution < -0.4 is 5.73 Å². The number of aliphatic hydroxyl groups excluding tert-OH is 1. The van der Waals surface area contributed by atoms with Gasteiger partial charge in [-0.2, -0.15) is 18.3 Å². The molecule has 9 heteroatoms. The number of aromatic nitrogens is 2. The average Bonchev–Trinajstić information content (AvgIpc) is 2.98. The van der Waals surface area contributed by atoms with Gasteiger partial charge in [0.1, 0.15) is 0 Å². The molecule has 5 unspecified atom stereocenters. The molecule has 1 aromatic heterocycles. The molecule has 116 valence electrons. The number of hydrogen-bond acceptors (Lipinski definition) is 4. The lowest BCUT2D eigenvalue weighted by Gasteiger charge is -2.28. The first-order chi connectivity index (χ1) is 9.70. The van der Waals surface area contributed by atoms with E-state index in [0.717, 1.165) is 10.7 Å². The highest BCUT2D eigenvalue weighted by atomic mass is 19.4. The summed E-state index contributed by atoms with van der Waals surface area (Å²) in [6.45, 7) is 0. The minimum Gasteiger partial charge on any atom is -0.390 e. The van der Waals surface area contributed by atoms with Gasteiger partial charge in [-0.1, -0.05) is 0 Å². The number of aliphatic hydroxyl groups is 1. The Labute approximate surface area is 117 Å². The molecule has 2 fully saturated rings. The molecule has 2 aliphatic heterocycles. The number of nitrogens with two attached hydrogens (primary N) is 1. The van der Waals surface area contributed by atoms with E-state index in [2.05, 4.69) is 5.10 Å². The third-order valence-corrected chi connectivity index (χ3v) is 4.20. The number of rotatable bonds is 2. The Morgan fingerprint density at radius 3 is 2.76 bits per heavy atom. The van der Waals surface area contributed by atoms with Crippen molar-refractivity contribution in [3.8, 4) is 0 Å². The van der Waals surface area contributed by atoms with E-state index in [0.29, 0.717) is 0 Å². The monoisotopic (exact) mass is 305 g/mol. The molecule has 3 heterocycles. The number of halogens is 3. The molecular formula is C12H14F3N3O3. The van der Waals surface area contributed by atoms with E-state index in [1.807, 2.05) is 0 Å². The number of carbonyl (C=O) groups is 1. The van der Waals surface area contributed by atoms with Gasteiger partial charge in [-0.25, -0.2) is 0 Å². The summed E-state index contributed by atoms with van der Waals surface area (Å²) in [5.74, 6) is -2.12. The fourth-order valence-corrected chi connectivity index (χ4v) is 3.36. The SMILES string of the molecule is Cn1nc(C(F)(F)F)cc1C1C2OC(CC2O)C1C(N)=O. The number of amides is 1. The van der Waals surface area contributed by atoms with Crippen LogP contribution in [0.1, 0.15) is 23.7 Å². The molecular weight excluding hydrogens is 291 g/mol. The van der Waals surface area contributed by atoms with E-state index in [9.17, 15) is 23.1 Å². The number of aryl methyl sites for hydroxylation is 1. The molecule has 0 saturated carbocycles. The van der Waals surface area contributed by atoms with Crippen LogP contribution in [0.15, 0.2) is 6.07 Å². The molecule has 5 atom stereocenters. The van der Waals surface area contributed by atoms with E-state index in [4.69, 9.17) is 10.5 Å². The molecule has 2 aliphatic rings. The summed E-state index contributed by atoms with van der Waals surface area (Å²) in [5.41, 5.74) is 4.50. The summed E-state index contributed by atoms with van der Waals surface area (Å²) in [6, 6.07) is 0.886. The highest BCUT2D eigenvalue weighted by molar-refractivity contribution is 5.79. The summed E-state index contributed by atoms with van der Waals surface area (Å²) in [6.07, 6.45) is -6.42. The minimum absolute atomic E-state index is 0.192. The predicted molar refractivity (Wildman–Crippen MR) is 62.9 cm³/mol. The van der Waals surface area contributed by atoms with Gasteiger partial charge in [0.2, 0.25) is 5.91 Å². The average molecular weight is 305 g/mol. The van der Waals surface area contributed by atoms with Crippen molar-refractivity contribution in [3.63, 3.8) is 0 Å². The second kappa shape index (κ2) is 4.44. The van der Waals surface area contributed by atoms with E-state index in [1.165, 1.54) is 7.05 Å². The van der Waals surface area contributed by atoms with E-state index >= 15 is 0 Å². The lowest BCUT2D eigenvalue weighted by Crippen LogP contribution is -2.42. The number of carbonyl (C=O) groups excluding carboxylic acids is 1. The highest BCUT2D eigenvalue weighted by Crippen LogP contribution is 2.49. The molecule has 21 heavy (non-hydrogen) atoms. The van der Waals surface area contributed by atoms with Crippen molar-refractivity contribution in [1.82, 2.24) is 9.78 Å². The molecule has 1 amide bonds. The number of hydrogen-bond donors (Lipinski definition) is 2. The number of primary amides is 1.